The lowest BCUT2D eigenvalue weighted by Crippen LogP contribution is -2.31. The second-order valence-corrected chi connectivity index (χ2v) is 7.61. The van der Waals surface area contributed by atoms with Gasteiger partial charge in [0.05, 0.1) is 29.2 Å². The number of hydrogen-bond acceptors (Lipinski definition) is 6. The van der Waals surface area contributed by atoms with Gasteiger partial charge in [-0.2, -0.15) is 0 Å². The maximum atomic E-state index is 13.6. The number of imidazole rings is 1. The Bertz CT molecular complexity index is 1190. The first-order valence-electron chi connectivity index (χ1n) is 10.2. The minimum absolute atomic E-state index is 0.0557. The summed E-state index contributed by atoms with van der Waals surface area (Å²) in [6.07, 6.45) is 7.14. The molecule has 164 valence electrons. The highest BCUT2D eigenvalue weighted by Gasteiger charge is 2.46. The van der Waals surface area contributed by atoms with E-state index in [1.807, 2.05) is 10.8 Å². The van der Waals surface area contributed by atoms with E-state index in [4.69, 9.17) is 0 Å². The Kier molecular flexibility index (Phi) is 5.81. The summed E-state index contributed by atoms with van der Waals surface area (Å²) in [5.41, 5.74) is 1.23. The third kappa shape index (κ3) is 4.01. The van der Waals surface area contributed by atoms with Crippen molar-refractivity contribution >= 4 is 17.4 Å². The molecule has 32 heavy (non-hydrogen) atoms. The third-order valence-electron chi connectivity index (χ3n) is 5.46. The van der Waals surface area contributed by atoms with E-state index in [1.165, 1.54) is 35.4 Å². The van der Waals surface area contributed by atoms with Crippen molar-refractivity contribution in [3.63, 3.8) is 0 Å². The topological polar surface area (TPSA) is 101 Å². The Morgan fingerprint density at radius 2 is 1.91 bits per heavy atom. The summed E-state index contributed by atoms with van der Waals surface area (Å²) in [4.78, 5) is 39.7. The zero-order valence-corrected chi connectivity index (χ0v) is 17.7. The normalized spacial score (nSPS) is 17.8. The van der Waals surface area contributed by atoms with Crippen molar-refractivity contribution in [2.24, 2.45) is 0 Å². The molecule has 0 bridgehead atoms. The fraction of sp³-hybridized carbons (Fsp3) is 0.261. The predicted molar refractivity (Wildman–Crippen MR) is 114 cm³/mol. The summed E-state index contributed by atoms with van der Waals surface area (Å²) < 4.78 is 15.4. The summed E-state index contributed by atoms with van der Waals surface area (Å²) in [6, 6.07) is 4.71. The van der Waals surface area contributed by atoms with Gasteiger partial charge in [0.15, 0.2) is 0 Å². The molecule has 3 aromatic rings. The van der Waals surface area contributed by atoms with E-state index >= 15 is 0 Å². The molecule has 1 aliphatic rings. The predicted octanol–water partition coefficient (Wildman–Crippen LogP) is 2.94. The van der Waals surface area contributed by atoms with E-state index in [1.54, 1.807) is 26.4 Å². The number of aromatic nitrogens is 4. The van der Waals surface area contributed by atoms with Crippen molar-refractivity contribution in [1.82, 2.24) is 24.4 Å². The van der Waals surface area contributed by atoms with Crippen molar-refractivity contribution in [1.29, 1.82) is 0 Å². The molecule has 0 aliphatic carbocycles. The molecule has 8 nitrogen and oxygen atoms in total. The van der Waals surface area contributed by atoms with Crippen LogP contribution in [0.25, 0.3) is 5.76 Å². The molecule has 1 N–H and O–H groups in total. The number of rotatable bonds is 6. The van der Waals surface area contributed by atoms with E-state index in [-0.39, 0.29) is 23.4 Å². The molecule has 0 unspecified atom stereocenters. The number of likely N-dealkylation sites (tertiary alicyclic amines) is 1. The largest absolute Gasteiger partial charge is 0.507 e. The first-order valence-corrected chi connectivity index (χ1v) is 10.2. The Hall–Kier alpha value is -3.88. The third-order valence-corrected chi connectivity index (χ3v) is 5.46. The Morgan fingerprint density at radius 1 is 1.16 bits per heavy atom. The van der Waals surface area contributed by atoms with E-state index < -0.39 is 23.5 Å². The van der Waals surface area contributed by atoms with Crippen LogP contribution in [0.3, 0.4) is 0 Å². The van der Waals surface area contributed by atoms with Gasteiger partial charge < -0.3 is 14.6 Å². The fourth-order valence-electron chi connectivity index (χ4n) is 3.91. The highest BCUT2D eigenvalue weighted by atomic mass is 19.1. The number of halogens is 1. The van der Waals surface area contributed by atoms with Crippen LogP contribution in [0.1, 0.15) is 35.1 Å². The monoisotopic (exact) mass is 435 g/mol. The minimum Gasteiger partial charge on any atom is -0.507 e. The van der Waals surface area contributed by atoms with Crippen LogP contribution >= 0.6 is 0 Å². The number of hydrogen-bond donors (Lipinski definition) is 1. The molecule has 0 saturated carbocycles. The van der Waals surface area contributed by atoms with Gasteiger partial charge in [-0.3, -0.25) is 9.59 Å². The van der Waals surface area contributed by atoms with Crippen molar-refractivity contribution in [2.75, 3.05) is 6.54 Å². The van der Waals surface area contributed by atoms with Gasteiger partial charge >= 0.3 is 0 Å². The number of aryl methyl sites for hydroxylation is 3. The smallest absolute Gasteiger partial charge is 0.295 e. The van der Waals surface area contributed by atoms with E-state index in [0.717, 1.165) is 0 Å². The second kappa shape index (κ2) is 8.70. The lowest BCUT2D eigenvalue weighted by molar-refractivity contribution is -0.139. The van der Waals surface area contributed by atoms with Crippen LogP contribution in [0, 0.1) is 19.7 Å². The molecule has 9 heteroatoms. The SMILES string of the molecule is Cc1ncc(C(O)=C2C(=O)C(=O)N(CCCn3ccnc3)[C@H]2c2ccc(F)cc2)c(C)n1. The number of carbonyl (C=O) groups is 2. The van der Waals surface area contributed by atoms with Gasteiger partial charge in [-0.05, 0) is 38.0 Å². The summed E-state index contributed by atoms with van der Waals surface area (Å²) in [5.74, 6) is -1.76. The summed E-state index contributed by atoms with van der Waals surface area (Å²) in [5, 5.41) is 11.1. The molecular formula is C23H22FN5O3. The summed E-state index contributed by atoms with van der Waals surface area (Å²) in [7, 11) is 0. The number of aliphatic hydroxyl groups excluding tert-OH is 1. The van der Waals surface area contributed by atoms with Gasteiger partial charge in [0.1, 0.15) is 17.4 Å². The molecule has 1 saturated heterocycles. The molecule has 1 amide bonds. The van der Waals surface area contributed by atoms with Crippen LogP contribution in [-0.2, 0) is 16.1 Å². The highest BCUT2D eigenvalue weighted by Crippen LogP contribution is 2.39. The lowest BCUT2D eigenvalue weighted by atomic mass is 9.95. The second-order valence-electron chi connectivity index (χ2n) is 7.61. The first kappa shape index (κ1) is 21.4. The highest BCUT2D eigenvalue weighted by molar-refractivity contribution is 6.46. The van der Waals surface area contributed by atoms with Gasteiger partial charge in [0.25, 0.3) is 11.7 Å². The van der Waals surface area contributed by atoms with Crippen LogP contribution in [0.4, 0.5) is 4.39 Å². The quantitative estimate of drug-likeness (QED) is 0.363. The van der Waals surface area contributed by atoms with E-state index in [0.29, 0.717) is 30.0 Å². The standard InChI is InChI=1S/C23H22FN5O3/c1-14-18(12-26-15(2)27-14)21(30)19-20(16-4-6-17(24)7-5-16)29(23(32)22(19)31)10-3-9-28-11-8-25-13-28/h4-8,11-13,20,30H,3,9-10H2,1-2H3/t20-/m0/s1. The maximum Gasteiger partial charge on any atom is 0.295 e. The Labute approximate surface area is 184 Å². The minimum atomic E-state index is -0.848. The fourth-order valence-corrected chi connectivity index (χ4v) is 3.91. The first-order chi connectivity index (χ1) is 15.4. The molecule has 2 aromatic heterocycles. The van der Waals surface area contributed by atoms with Crippen molar-refractivity contribution < 1.29 is 19.1 Å². The number of benzene rings is 1. The summed E-state index contributed by atoms with van der Waals surface area (Å²) >= 11 is 0. The number of carbonyl (C=O) groups excluding carboxylic acids is 2. The molecular weight excluding hydrogens is 413 g/mol. The number of ketones is 1. The number of Topliss-reactive ketones (excluding diaryl/α,β-unsaturated/α-hetero) is 1. The van der Waals surface area contributed by atoms with Crippen LogP contribution in [-0.4, -0.2) is 47.8 Å². The average Bonchev–Trinajstić information content (AvgIpc) is 3.36. The summed E-state index contributed by atoms with van der Waals surface area (Å²) in [6.45, 7) is 4.28. The van der Waals surface area contributed by atoms with E-state index in [2.05, 4.69) is 15.0 Å². The van der Waals surface area contributed by atoms with Crippen molar-refractivity contribution in [2.45, 2.75) is 32.9 Å². The van der Waals surface area contributed by atoms with Crippen molar-refractivity contribution in [3.05, 3.63) is 83.2 Å². The average molecular weight is 435 g/mol. The van der Waals surface area contributed by atoms with E-state index in [9.17, 15) is 19.1 Å². The molecule has 4 rings (SSSR count). The zero-order valence-electron chi connectivity index (χ0n) is 17.7. The van der Waals surface area contributed by atoms with Gasteiger partial charge in [0.2, 0.25) is 0 Å². The molecule has 1 aliphatic heterocycles. The van der Waals surface area contributed by atoms with Crippen LogP contribution in [0.2, 0.25) is 0 Å². The maximum absolute atomic E-state index is 13.6. The van der Waals surface area contributed by atoms with Crippen molar-refractivity contribution in [3.8, 4) is 0 Å². The zero-order chi connectivity index (χ0) is 22.8. The number of amides is 1. The van der Waals surface area contributed by atoms with Gasteiger partial charge in [0, 0.05) is 31.7 Å². The lowest BCUT2D eigenvalue weighted by Gasteiger charge is -2.25. The Balaban J connectivity index is 1.75. The molecule has 1 aromatic carbocycles. The van der Waals surface area contributed by atoms with Crippen LogP contribution in [0.15, 0.2) is 54.8 Å². The van der Waals surface area contributed by atoms with Gasteiger partial charge in [-0.15, -0.1) is 0 Å². The molecule has 0 radical (unpaired) electrons. The molecule has 3 heterocycles. The van der Waals surface area contributed by atoms with Crippen LogP contribution in [0.5, 0.6) is 0 Å². The molecule has 1 fully saturated rings. The van der Waals surface area contributed by atoms with Gasteiger partial charge in [-0.25, -0.2) is 19.3 Å². The Morgan fingerprint density at radius 3 is 2.56 bits per heavy atom. The number of nitrogens with zero attached hydrogens (tertiary/aromatic N) is 5. The van der Waals surface area contributed by atoms with Crippen LogP contribution < -0.4 is 0 Å². The van der Waals surface area contributed by atoms with Gasteiger partial charge in [-0.1, -0.05) is 12.1 Å². The molecule has 1 atom stereocenters. The molecule has 0 spiro atoms. The number of aliphatic hydroxyl groups is 1.